The van der Waals surface area contributed by atoms with Gasteiger partial charge in [-0.1, -0.05) is 29.8 Å². The van der Waals surface area contributed by atoms with E-state index in [1.807, 2.05) is 13.8 Å². The van der Waals surface area contributed by atoms with E-state index in [9.17, 15) is 9.59 Å². The third-order valence-electron chi connectivity index (χ3n) is 3.12. The van der Waals surface area contributed by atoms with Gasteiger partial charge in [0, 0.05) is 10.2 Å². The van der Waals surface area contributed by atoms with Gasteiger partial charge in [-0.15, -0.1) is 0 Å². The van der Waals surface area contributed by atoms with Crippen molar-refractivity contribution in [3.8, 4) is 0 Å². The zero-order chi connectivity index (χ0) is 14.6. The number of carbonyl (C=O) groups is 2. The van der Waals surface area contributed by atoms with Crippen LogP contribution in [0.5, 0.6) is 0 Å². The summed E-state index contributed by atoms with van der Waals surface area (Å²) in [7, 11) is 0. The molecule has 0 radical (unpaired) electrons. The maximum absolute atomic E-state index is 12.1. The van der Waals surface area contributed by atoms with E-state index < -0.39 is 11.5 Å². The molecule has 0 unspecified atom stereocenters. The number of anilines is 1. The summed E-state index contributed by atoms with van der Waals surface area (Å²) in [5.74, 6) is -1.37. The Kier molecular flexibility index (Phi) is 5.08. The smallest absolute Gasteiger partial charge is 0.335 e. The van der Waals surface area contributed by atoms with Gasteiger partial charge in [0.15, 0.2) is 0 Å². The molecule has 0 aliphatic heterocycles. The zero-order valence-corrected chi connectivity index (χ0v) is 12.5. The molecule has 0 fully saturated rings. The quantitative estimate of drug-likeness (QED) is 0.774. The normalized spacial score (nSPS) is 11.2. The highest BCUT2D eigenvalue weighted by atomic mass is 79.9. The number of carboxylic acid groups (broad SMARTS) is 1. The van der Waals surface area contributed by atoms with Crippen molar-refractivity contribution in [3.05, 3.63) is 28.2 Å². The van der Waals surface area contributed by atoms with E-state index in [-0.39, 0.29) is 11.5 Å². The maximum Gasteiger partial charge on any atom is 0.335 e. The Hall–Kier alpha value is -1.40. The topological polar surface area (TPSA) is 92.4 Å². The first-order valence-corrected chi connectivity index (χ1v) is 6.76. The van der Waals surface area contributed by atoms with E-state index in [0.717, 1.165) is 0 Å². The third-order valence-corrected chi connectivity index (χ3v) is 3.57. The second-order valence-electron chi connectivity index (χ2n) is 4.35. The highest BCUT2D eigenvalue weighted by Crippen LogP contribution is 2.21. The van der Waals surface area contributed by atoms with E-state index in [1.54, 1.807) is 6.07 Å². The minimum atomic E-state index is -1.05. The van der Waals surface area contributed by atoms with Crippen LogP contribution in [0.2, 0.25) is 0 Å². The van der Waals surface area contributed by atoms with Crippen molar-refractivity contribution in [2.75, 3.05) is 5.32 Å². The number of nitrogens with two attached hydrogens (primary N) is 1. The number of rotatable bonds is 5. The number of hydrogen-bond acceptors (Lipinski definition) is 3. The molecule has 4 N–H and O–H groups in total. The molecule has 19 heavy (non-hydrogen) atoms. The lowest BCUT2D eigenvalue weighted by Crippen LogP contribution is -2.50. The molecule has 0 spiro atoms. The molecule has 0 aliphatic rings. The van der Waals surface area contributed by atoms with Crippen LogP contribution in [0.3, 0.4) is 0 Å². The highest BCUT2D eigenvalue weighted by molar-refractivity contribution is 9.10. The van der Waals surface area contributed by atoms with Gasteiger partial charge in [0.1, 0.15) is 0 Å². The summed E-state index contributed by atoms with van der Waals surface area (Å²) >= 11 is 3.21. The molecule has 1 amide bonds. The van der Waals surface area contributed by atoms with E-state index in [1.165, 1.54) is 12.1 Å². The van der Waals surface area contributed by atoms with Crippen molar-refractivity contribution in [2.45, 2.75) is 32.2 Å². The molecule has 1 rings (SSSR count). The standard InChI is InChI=1S/C13H17BrN2O3/c1-3-13(15,4-2)12(19)16-10-6-8(11(17)18)5-9(14)7-10/h5-7H,3-4,15H2,1-2H3,(H,16,19)(H,17,18). The number of benzene rings is 1. The number of carboxylic acids is 1. The maximum atomic E-state index is 12.1. The van der Waals surface area contributed by atoms with Gasteiger partial charge in [-0.3, -0.25) is 4.79 Å². The summed E-state index contributed by atoms with van der Waals surface area (Å²) in [4.78, 5) is 23.0. The second-order valence-corrected chi connectivity index (χ2v) is 5.27. The van der Waals surface area contributed by atoms with Crippen molar-refractivity contribution in [1.82, 2.24) is 0 Å². The van der Waals surface area contributed by atoms with Crippen molar-refractivity contribution < 1.29 is 14.7 Å². The fourth-order valence-electron chi connectivity index (χ4n) is 1.61. The van der Waals surface area contributed by atoms with Crippen LogP contribution in [0.1, 0.15) is 37.0 Å². The predicted octanol–water partition coefficient (Wildman–Crippen LogP) is 2.60. The molecule has 0 aromatic heterocycles. The Balaban J connectivity index is 3.00. The second kappa shape index (κ2) is 6.16. The molecule has 0 heterocycles. The first-order valence-electron chi connectivity index (χ1n) is 5.96. The van der Waals surface area contributed by atoms with Crippen molar-refractivity contribution in [3.63, 3.8) is 0 Å². The summed E-state index contributed by atoms with van der Waals surface area (Å²) in [6, 6.07) is 4.50. The van der Waals surface area contributed by atoms with Crippen LogP contribution in [-0.2, 0) is 4.79 Å². The Morgan fingerprint density at radius 3 is 2.37 bits per heavy atom. The molecule has 104 valence electrons. The largest absolute Gasteiger partial charge is 0.478 e. The van der Waals surface area contributed by atoms with Gasteiger partial charge in [0.05, 0.1) is 11.1 Å². The van der Waals surface area contributed by atoms with Crippen molar-refractivity contribution >= 4 is 33.5 Å². The SMILES string of the molecule is CCC(N)(CC)C(=O)Nc1cc(Br)cc(C(=O)O)c1. The summed E-state index contributed by atoms with van der Waals surface area (Å²) < 4.78 is 0.582. The lowest BCUT2D eigenvalue weighted by atomic mass is 9.93. The van der Waals surface area contributed by atoms with Crippen LogP contribution in [0.15, 0.2) is 22.7 Å². The number of nitrogens with one attached hydrogen (secondary N) is 1. The van der Waals surface area contributed by atoms with E-state index >= 15 is 0 Å². The summed E-state index contributed by atoms with van der Waals surface area (Å²) in [5, 5.41) is 11.6. The summed E-state index contributed by atoms with van der Waals surface area (Å²) in [5.41, 5.74) is 5.55. The van der Waals surface area contributed by atoms with Gasteiger partial charge in [-0.05, 0) is 31.0 Å². The number of halogens is 1. The van der Waals surface area contributed by atoms with Crippen LogP contribution in [0.4, 0.5) is 5.69 Å². The molecule has 1 aromatic rings. The fraction of sp³-hybridized carbons (Fsp3) is 0.385. The number of amides is 1. The van der Waals surface area contributed by atoms with Crippen LogP contribution in [0, 0.1) is 0 Å². The van der Waals surface area contributed by atoms with E-state index in [2.05, 4.69) is 21.2 Å². The molecule has 5 nitrogen and oxygen atoms in total. The van der Waals surface area contributed by atoms with Gasteiger partial charge in [-0.25, -0.2) is 4.79 Å². The Labute approximate surface area is 120 Å². The lowest BCUT2D eigenvalue weighted by Gasteiger charge is -2.25. The molecule has 0 saturated heterocycles. The van der Waals surface area contributed by atoms with Crippen LogP contribution >= 0.6 is 15.9 Å². The molecule has 6 heteroatoms. The van der Waals surface area contributed by atoms with Gasteiger partial charge < -0.3 is 16.2 Å². The van der Waals surface area contributed by atoms with Gasteiger partial charge in [-0.2, -0.15) is 0 Å². The molecule has 0 aliphatic carbocycles. The average Bonchev–Trinajstić information content (AvgIpc) is 2.36. The first-order chi connectivity index (χ1) is 8.82. The summed E-state index contributed by atoms with van der Waals surface area (Å²) in [6.07, 6.45) is 1.02. The Morgan fingerprint density at radius 1 is 1.32 bits per heavy atom. The van der Waals surface area contributed by atoms with E-state index in [4.69, 9.17) is 10.8 Å². The Bertz CT molecular complexity index is 499. The minimum Gasteiger partial charge on any atom is -0.478 e. The van der Waals surface area contributed by atoms with Crippen molar-refractivity contribution in [2.24, 2.45) is 5.73 Å². The molecular weight excluding hydrogens is 312 g/mol. The van der Waals surface area contributed by atoms with Crippen LogP contribution in [0.25, 0.3) is 0 Å². The highest BCUT2D eigenvalue weighted by Gasteiger charge is 2.30. The average molecular weight is 329 g/mol. The number of aromatic carboxylic acids is 1. The molecule has 0 bridgehead atoms. The number of carbonyl (C=O) groups excluding carboxylic acids is 1. The molecule has 0 atom stereocenters. The molecule has 0 saturated carbocycles. The van der Waals surface area contributed by atoms with Crippen molar-refractivity contribution in [1.29, 1.82) is 0 Å². The first kappa shape index (κ1) is 15.7. The monoisotopic (exact) mass is 328 g/mol. The summed E-state index contributed by atoms with van der Waals surface area (Å²) in [6.45, 7) is 3.68. The molecule has 1 aromatic carbocycles. The minimum absolute atomic E-state index is 0.0975. The van der Waals surface area contributed by atoms with Crippen LogP contribution in [-0.4, -0.2) is 22.5 Å². The number of hydrogen-bond donors (Lipinski definition) is 3. The fourth-order valence-corrected chi connectivity index (χ4v) is 2.11. The molecular formula is C13H17BrN2O3. The van der Waals surface area contributed by atoms with Gasteiger partial charge >= 0.3 is 5.97 Å². The van der Waals surface area contributed by atoms with E-state index in [0.29, 0.717) is 23.0 Å². The van der Waals surface area contributed by atoms with Gasteiger partial charge in [0.2, 0.25) is 5.91 Å². The Morgan fingerprint density at radius 2 is 1.89 bits per heavy atom. The third kappa shape index (κ3) is 3.78. The zero-order valence-electron chi connectivity index (χ0n) is 10.9. The van der Waals surface area contributed by atoms with Gasteiger partial charge in [0.25, 0.3) is 0 Å². The van der Waals surface area contributed by atoms with Crippen LogP contribution < -0.4 is 11.1 Å². The predicted molar refractivity (Wildman–Crippen MR) is 77.2 cm³/mol. The lowest BCUT2D eigenvalue weighted by molar-refractivity contribution is -0.121.